The van der Waals surface area contributed by atoms with E-state index in [1.807, 2.05) is 6.92 Å². The van der Waals surface area contributed by atoms with E-state index in [1.165, 1.54) is 31.3 Å². The van der Waals surface area contributed by atoms with Gasteiger partial charge in [0.15, 0.2) is 0 Å². The first-order valence-corrected chi connectivity index (χ1v) is 6.87. The lowest BCUT2D eigenvalue weighted by Gasteiger charge is -2.36. The van der Waals surface area contributed by atoms with Crippen molar-refractivity contribution in [2.75, 3.05) is 0 Å². The van der Waals surface area contributed by atoms with Gasteiger partial charge in [0.25, 0.3) is 0 Å². The SMILES string of the molecule is C=C(C)C(Cl)CC[C@]1(C)C(=C)[C@@H]2CC[C@H]1C2. The van der Waals surface area contributed by atoms with E-state index in [0.29, 0.717) is 5.41 Å². The van der Waals surface area contributed by atoms with Gasteiger partial charge in [0.2, 0.25) is 0 Å². The molecule has 0 radical (unpaired) electrons. The molecule has 0 spiro atoms. The summed E-state index contributed by atoms with van der Waals surface area (Å²) in [5.74, 6) is 1.69. The van der Waals surface area contributed by atoms with E-state index in [0.717, 1.165) is 23.8 Å². The molecule has 2 aliphatic carbocycles. The molecule has 0 amide bonds. The smallest absolute Gasteiger partial charge is 0.0540 e. The maximum absolute atomic E-state index is 6.28. The van der Waals surface area contributed by atoms with Crippen LogP contribution < -0.4 is 0 Å². The second kappa shape index (κ2) is 4.22. The first kappa shape index (κ1) is 12.2. The van der Waals surface area contributed by atoms with Gasteiger partial charge in [-0.25, -0.2) is 0 Å². The Balaban J connectivity index is 1.99. The lowest BCUT2D eigenvalue weighted by molar-refractivity contribution is 0.234. The minimum atomic E-state index is 0.142. The number of alkyl halides is 1. The van der Waals surface area contributed by atoms with Crippen molar-refractivity contribution in [3.05, 3.63) is 24.3 Å². The number of fused-ring (bicyclic) bond motifs is 2. The largest absolute Gasteiger partial charge is 0.118 e. The van der Waals surface area contributed by atoms with Crippen LogP contribution in [-0.2, 0) is 0 Å². The molecule has 0 heterocycles. The zero-order chi connectivity index (χ0) is 11.9. The standard InChI is InChI=1S/C15H23Cl/c1-10(2)14(16)7-8-15(4)11(3)12-5-6-13(15)9-12/h12-14H,1,3,5-9H2,2,4H3/t12-,13+,14?,15-/m1/s1. The third-order valence-corrected chi connectivity index (χ3v) is 5.60. The van der Waals surface area contributed by atoms with Crippen molar-refractivity contribution in [2.45, 2.75) is 51.3 Å². The molecule has 0 nitrogen and oxygen atoms in total. The van der Waals surface area contributed by atoms with Crippen LogP contribution in [0.25, 0.3) is 0 Å². The minimum absolute atomic E-state index is 0.142. The summed E-state index contributed by atoms with van der Waals surface area (Å²) in [6.45, 7) is 12.7. The molecular weight excluding hydrogens is 216 g/mol. The van der Waals surface area contributed by atoms with Crippen LogP contribution in [0.15, 0.2) is 24.3 Å². The fourth-order valence-electron chi connectivity index (χ4n) is 3.64. The van der Waals surface area contributed by atoms with Gasteiger partial charge >= 0.3 is 0 Å². The topological polar surface area (TPSA) is 0 Å². The normalized spacial score (nSPS) is 39.1. The van der Waals surface area contributed by atoms with Crippen LogP contribution in [0.5, 0.6) is 0 Å². The number of rotatable bonds is 4. The first-order valence-electron chi connectivity index (χ1n) is 6.44. The zero-order valence-electron chi connectivity index (χ0n) is 10.6. The molecule has 0 aromatic heterocycles. The summed E-state index contributed by atoms with van der Waals surface area (Å²) in [5, 5.41) is 0.142. The second-order valence-corrected chi connectivity index (χ2v) is 6.53. The van der Waals surface area contributed by atoms with Crippen LogP contribution in [0.1, 0.15) is 46.0 Å². The lowest BCUT2D eigenvalue weighted by atomic mass is 9.69. The summed E-state index contributed by atoms with van der Waals surface area (Å²) in [6, 6.07) is 0. The third kappa shape index (κ3) is 1.86. The Labute approximate surface area is 105 Å². The number of hydrogen-bond acceptors (Lipinski definition) is 0. The van der Waals surface area contributed by atoms with Gasteiger partial charge in [0, 0.05) is 0 Å². The van der Waals surface area contributed by atoms with E-state index in [9.17, 15) is 0 Å². The van der Waals surface area contributed by atoms with Crippen molar-refractivity contribution in [3.8, 4) is 0 Å². The van der Waals surface area contributed by atoms with E-state index >= 15 is 0 Å². The molecule has 2 aliphatic rings. The molecule has 90 valence electrons. The van der Waals surface area contributed by atoms with Crippen LogP contribution in [0, 0.1) is 17.3 Å². The van der Waals surface area contributed by atoms with E-state index < -0.39 is 0 Å². The van der Waals surface area contributed by atoms with Gasteiger partial charge in [0.1, 0.15) is 0 Å². The van der Waals surface area contributed by atoms with Gasteiger partial charge in [-0.1, -0.05) is 31.2 Å². The minimum Gasteiger partial charge on any atom is -0.118 e. The van der Waals surface area contributed by atoms with Crippen molar-refractivity contribution >= 4 is 11.6 Å². The predicted molar refractivity (Wildman–Crippen MR) is 71.8 cm³/mol. The zero-order valence-corrected chi connectivity index (χ0v) is 11.3. The molecule has 0 aromatic rings. The molecule has 1 unspecified atom stereocenters. The highest BCUT2D eigenvalue weighted by molar-refractivity contribution is 6.22. The highest BCUT2D eigenvalue weighted by atomic mass is 35.5. The molecule has 0 aliphatic heterocycles. The number of allylic oxidation sites excluding steroid dienone is 2. The fourth-order valence-corrected chi connectivity index (χ4v) is 3.75. The number of hydrogen-bond donors (Lipinski definition) is 0. The highest BCUT2D eigenvalue weighted by Crippen LogP contribution is 2.60. The van der Waals surface area contributed by atoms with Gasteiger partial charge in [-0.3, -0.25) is 0 Å². The Hall–Kier alpha value is -0.230. The molecule has 0 aromatic carbocycles. The predicted octanol–water partition coefficient (Wildman–Crippen LogP) is 4.94. The van der Waals surface area contributed by atoms with Gasteiger partial charge in [-0.05, 0) is 56.3 Å². The molecule has 4 atom stereocenters. The molecule has 0 saturated heterocycles. The van der Waals surface area contributed by atoms with Crippen LogP contribution in [0.2, 0.25) is 0 Å². The maximum Gasteiger partial charge on any atom is 0.0540 e. The molecule has 2 saturated carbocycles. The summed E-state index contributed by atoms with van der Waals surface area (Å²) in [6.07, 6.45) is 6.41. The Morgan fingerprint density at radius 1 is 1.56 bits per heavy atom. The summed E-state index contributed by atoms with van der Waals surface area (Å²) < 4.78 is 0. The quantitative estimate of drug-likeness (QED) is 0.481. The Bertz CT molecular complexity index is 317. The highest BCUT2D eigenvalue weighted by Gasteiger charge is 2.50. The molecule has 0 N–H and O–H groups in total. The average molecular weight is 239 g/mol. The monoisotopic (exact) mass is 238 g/mol. The molecular formula is C15H23Cl. The summed E-state index contributed by atoms with van der Waals surface area (Å²) >= 11 is 6.28. The molecule has 16 heavy (non-hydrogen) atoms. The average Bonchev–Trinajstić information content (AvgIpc) is 2.79. The van der Waals surface area contributed by atoms with Crippen LogP contribution in [-0.4, -0.2) is 5.38 Å². The van der Waals surface area contributed by atoms with Crippen molar-refractivity contribution in [1.82, 2.24) is 0 Å². The Morgan fingerprint density at radius 3 is 2.75 bits per heavy atom. The Morgan fingerprint density at radius 2 is 2.25 bits per heavy atom. The third-order valence-electron chi connectivity index (χ3n) is 5.01. The maximum atomic E-state index is 6.28. The van der Waals surface area contributed by atoms with Crippen molar-refractivity contribution in [1.29, 1.82) is 0 Å². The van der Waals surface area contributed by atoms with Crippen LogP contribution >= 0.6 is 11.6 Å². The van der Waals surface area contributed by atoms with Crippen molar-refractivity contribution in [2.24, 2.45) is 17.3 Å². The molecule has 1 heteroatoms. The lowest BCUT2D eigenvalue weighted by Crippen LogP contribution is -2.27. The summed E-state index contributed by atoms with van der Waals surface area (Å²) in [7, 11) is 0. The van der Waals surface area contributed by atoms with Crippen molar-refractivity contribution < 1.29 is 0 Å². The summed E-state index contributed by atoms with van der Waals surface area (Å²) in [5.41, 5.74) is 2.97. The van der Waals surface area contributed by atoms with E-state index in [2.05, 4.69) is 20.1 Å². The van der Waals surface area contributed by atoms with E-state index in [1.54, 1.807) is 0 Å². The van der Waals surface area contributed by atoms with Gasteiger partial charge in [-0.15, -0.1) is 11.6 Å². The van der Waals surface area contributed by atoms with Gasteiger partial charge in [0.05, 0.1) is 5.38 Å². The molecule has 2 bridgehead atoms. The summed E-state index contributed by atoms with van der Waals surface area (Å²) in [4.78, 5) is 0. The first-order chi connectivity index (χ1) is 7.45. The van der Waals surface area contributed by atoms with Gasteiger partial charge in [-0.2, -0.15) is 0 Å². The van der Waals surface area contributed by atoms with Crippen LogP contribution in [0.3, 0.4) is 0 Å². The Kier molecular flexibility index (Phi) is 3.22. The fraction of sp³-hybridized carbons (Fsp3) is 0.733. The van der Waals surface area contributed by atoms with Gasteiger partial charge < -0.3 is 0 Å². The van der Waals surface area contributed by atoms with E-state index in [4.69, 9.17) is 11.6 Å². The molecule has 2 fully saturated rings. The van der Waals surface area contributed by atoms with Crippen LogP contribution in [0.4, 0.5) is 0 Å². The number of halogens is 1. The van der Waals surface area contributed by atoms with E-state index in [-0.39, 0.29) is 5.38 Å². The second-order valence-electron chi connectivity index (χ2n) is 6.00. The molecule has 2 rings (SSSR count). The van der Waals surface area contributed by atoms with Crippen molar-refractivity contribution in [3.63, 3.8) is 0 Å².